The molecule has 0 radical (unpaired) electrons. The van der Waals surface area contributed by atoms with Gasteiger partial charge in [-0.15, -0.1) is 0 Å². The number of nitrogens with one attached hydrogen (secondary N) is 2. The van der Waals surface area contributed by atoms with Gasteiger partial charge >= 0.3 is 0 Å². The molecule has 4 nitrogen and oxygen atoms in total. The third-order valence-corrected chi connectivity index (χ3v) is 3.44. The molecule has 1 amide bonds. The first kappa shape index (κ1) is 13.8. The Hall–Kier alpha value is -1.62. The van der Waals surface area contributed by atoms with E-state index in [0.29, 0.717) is 11.0 Å². The van der Waals surface area contributed by atoms with Crippen molar-refractivity contribution in [2.75, 3.05) is 5.32 Å². The van der Waals surface area contributed by atoms with Crippen LogP contribution in [0.25, 0.3) is 0 Å². The van der Waals surface area contributed by atoms with E-state index in [1.807, 2.05) is 32.0 Å². The summed E-state index contributed by atoms with van der Waals surface area (Å²) in [4.78, 5) is 12.3. The van der Waals surface area contributed by atoms with Gasteiger partial charge in [0.2, 0.25) is 5.91 Å². The van der Waals surface area contributed by atoms with Crippen LogP contribution >= 0.6 is 12.2 Å². The minimum atomic E-state index is -0.310. The number of nitrogens with two attached hydrogens (primary N) is 1. The Kier molecular flexibility index (Phi) is 4.04. The van der Waals surface area contributed by atoms with Crippen LogP contribution in [-0.2, 0) is 4.79 Å². The lowest BCUT2D eigenvalue weighted by molar-refractivity contribution is -0.121. The van der Waals surface area contributed by atoms with Crippen LogP contribution in [0.5, 0.6) is 0 Å². The number of carbonyl (C=O) groups is 1. The number of hydrogen-bond acceptors (Lipinski definition) is 3. The van der Waals surface area contributed by atoms with Crippen LogP contribution in [0.2, 0.25) is 0 Å². The third-order valence-electron chi connectivity index (χ3n) is 3.22. The molecule has 1 aromatic carbocycles. The molecule has 1 saturated carbocycles. The summed E-state index contributed by atoms with van der Waals surface area (Å²) in [6, 6.07) is 5.79. The van der Waals surface area contributed by atoms with Gasteiger partial charge in [-0.05, 0) is 38.3 Å². The summed E-state index contributed by atoms with van der Waals surface area (Å²) in [5.41, 5.74) is 8.36. The zero-order valence-corrected chi connectivity index (χ0v) is 12.0. The standard InChI is InChI=1S/C14H19N3OS/c1-8-4-3-5-11(13(15)19)12(8)16-9(2)14(18)17-10-6-7-10/h3-5,9-10,16H,6-7H2,1-2H3,(H2,15,19)(H,17,18). The highest BCUT2D eigenvalue weighted by molar-refractivity contribution is 7.80. The molecule has 4 N–H and O–H groups in total. The van der Waals surface area contributed by atoms with Gasteiger partial charge in [-0.25, -0.2) is 0 Å². The SMILES string of the molecule is Cc1cccc(C(N)=S)c1NC(C)C(=O)NC1CC1. The second kappa shape index (κ2) is 5.57. The van der Waals surface area contributed by atoms with Crippen LogP contribution in [0, 0.1) is 6.92 Å². The lowest BCUT2D eigenvalue weighted by Gasteiger charge is -2.19. The van der Waals surface area contributed by atoms with E-state index in [-0.39, 0.29) is 11.9 Å². The number of rotatable bonds is 5. The molecule has 0 heterocycles. The monoisotopic (exact) mass is 277 g/mol. The largest absolute Gasteiger partial charge is 0.389 e. The number of carbonyl (C=O) groups excluding carboxylic acids is 1. The fourth-order valence-corrected chi connectivity index (χ4v) is 2.07. The van der Waals surface area contributed by atoms with E-state index in [9.17, 15) is 4.79 Å². The number of benzene rings is 1. The van der Waals surface area contributed by atoms with Crippen molar-refractivity contribution in [1.29, 1.82) is 0 Å². The van der Waals surface area contributed by atoms with Crippen molar-refractivity contribution < 1.29 is 4.79 Å². The number of aryl methyl sites for hydroxylation is 1. The first-order valence-electron chi connectivity index (χ1n) is 6.45. The lowest BCUT2D eigenvalue weighted by atomic mass is 10.1. The summed E-state index contributed by atoms with van der Waals surface area (Å²) >= 11 is 5.04. The molecule has 1 aromatic rings. The minimum absolute atomic E-state index is 0.0136. The fourth-order valence-electron chi connectivity index (χ4n) is 1.90. The van der Waals surface area contributed by atoms with Crippen molar-refractivity contribution in [3.63, 3.8) is 0 Å². The summed E-state index contributed by atoms with van der Waals surface area (Å²) in [6.45, 7) is 3.81. The average Bonchev–Trinajstić information content (AvgIpc) is 3.15. The molecule has 0 bridgehead atoms. The van der Waals surface area contributed by atoms with E-state index < -0.39 is 0 Å². The summed E-state index contributed by atoms with van der Waals surface area (Å²) in [6.07, 6.45) is 2.17. The minimum Gasteiger partial charge on any atom is -0.389 e. The van der Waals surface area contributed by atoms with Crippen molar-refractivity contribution >= 4 is 28.8 Å². The molecule has 1 atom stereocenters. The fraction of sp³-hybridized carbons (Fsp3) is 0.429. The molecule has 1 fully saturated rings. The molecule has 0 aliphatic heterocycles. The Balaban J connectivity index is 2.12. The molecule has 19 heavy (non-hydrogen) atoms. The Bertz CT molecular complexity index is 511. The van der Waals surface area contributed by atoms with E-state index in [0.717, 1.165) is 29.7 Å². The van der Waals surface area contributed by atoms with Gasteiger partial charge in [-0.3, -0.25) is 4.79 Å². The molecule has 5 heteroatoms. The van der Waals surface area contributed by atoms with Crippen molar-refractivity contribution in [2.45, 2.75) is 38.8 Å². The first-order valence-corrected chi connectivity index (χ1v) is 6.86. The molecule has 0 saturated heterocycles. The Morgan fingerprint density at radius 1 is 1.47 bits per heavy atom. The van der Waals surface area contributed by atoms with Gasteiger partial charge in [-0.2, -0.15) is 0 Å². The number of amides is 1. The molecule has 1 aliphatic rings. The molecule has 1 aliphatic carbocycles. The van der Waals surface area contributed by atoms with Gasteiger partial charge < -0.3 is 16.4 Å². The molecular formula is C14H19N3OS. The molecule has 102 valence electrons. The second-order valence-electron chi connectivity index (χ2n) is 5.01. The Labute approximate surface area is 118 Å². The van der Waals surface area contributed by atoms with E-state index >= 15 is 0 Å². The average molecular weight is 277 g/mol. The van der Waals surface area contributed by atoms with Crippen LogP contribution in [0.3, 0.4) is 0 Å². The number of anilines is 1. The molecule has 0 spiro atoms. The van der Waals surface area contributed by atoms with Gasteiger partial charge in [0.15, 0.2) is 0 Å². The third kappa shape index (κ3) is 3.44. The molecule has 0 aromatic heterocycles. The van der Waals surface area contributed by atoms with E-state index in [2.05, 4.69) is 10.6 Å². The highest BCUT2D eigenvalue weighted by Gasteiger charge is 2.26. The maximum absolute atomic E-state index is 12.0. The van der Waals surface area contributed by atoms with E-state index in [1.54, 1.807) is 0 Å². The Morgan fingerprint density at radius 2 is 2.16 bits per heavy atom. The number of hydrogen-bond donors (Lipinski definition) is 3. The van der Waals surface area contributed by atoms with Crippen LogP contribution in [0.15, 0.2) is 18.2 Å². The van der Waals surface area contributed by atoms with E-state index in [4.69, 9.17) is 18.0 Å². The maximum Gasteiger partial charge on any atom is 0.242 e. The highest BCUT2D eigenvalue weighted by atomic mass is 32.1. The smallest absolute Gasteiger partial charge is 0.242 e. The van der Waals surface area contributed by atoms with Crippen molar-refractivity contribution in [3.8, 4) is 0 Å². The van der Waals surface area contributed by atoms with Crippen LogP contribution in [0.1, 0.15) is 30.9 Å². The first-order chi connectivity index (χ1) is 8.99. The zero-order chi connectivity index (χ0) is 14.0. The molecule has 2 rings (SSSR count). The molecule has 1 unspecified atom stereocenters. The van der Waals surface area contributed by atoms with E-state index in [1.165, 1.54) is 0 Å². The zero-order valence-electron chi connectivity index (χ0n) is 11.2. The van der Waals surface area contributed by atoms with Gasteiger partial charge in [0, 0.05) is 17.3 Å². The number of thiocarbonyl (C=S) groups is 1. The van der Waals surface area contributed by atoms with Crippen LogP contribution < -0.4 is 16.4 Å². The highest BCUT2D eigenvalue weighted by Crippen LogP contribution is 2.22. The van der Waals surface area contributed by atoms with Crippen LogP contribution in [0.4, 0.5) is 5.69 Å². The number of para-hydroxylation sites is 1. The summed E-state index contributed by atoms with van der Waals surface area (Å²) in [7, 11) is 0. The second-order valence-corrected chi connectivity index (χ2v) is 5.45. The normalized spacial score (nSPS) is 15.7. The summed E-state index contributed by atoms with van der Waals surface area (Å²) in [5, 5.41) is 6.19. The van der Waals surface area contributed by atoms with Gasteiger partial charge in [0.05, 0.1) is 0 Å². The van der Waals surface area contributed by atoms with Crippen LogP contribution in [-0.4, -0.2) is 23.0 Å². The lowest BCUT2D eigenvalue weighted by Crippen LogP contribution is -2.39. The summed E-state index contributed by atoms with van der Waals surface area (Å²) < 4.78 is 0. The molecular weight excluding hydrogens is 258 g/mol. The van der Waals surface area contributed by atoms with Crippen molar-refractivity contribution in [3.05, 3.63) is 29.3 Å². The van der Waals surface area contributed by atoms with Crippen molar-refractivity contribution in [1.82, 2.24) is 5.32 Å². The predicted octanol–water partition coefficient (Wildman–Crippen LogP) is 1.71. The Morgan fingerprint density at radius 3 is 2.74 bits per heavy atom. The van der Waals surface area contributed by atoms with Gasteiger partial charge in [-0.1, -0.05) is 24.4 Å². The van der Waals surface area contributed by atoms with Crippen molar-refractivity contribution in [2.24, 2.45) is 5.73 Å². The quantitative estimate of drug-likeness (QED) is 0.717. The van der Waals surface area contributed by atoms with Gasteiger partial charge in [0.25, 0.3) is 0 Å². The maximum atomic E-state index is 12.0. The topological polar surface area (TPSA) is 67.1 Å². The summed E-state index contributed by atoms with van der Waals surface area (Å²) in [5.74, 6) is 0.0136. The predicted molar refractivity (Wildman–Crippen MR) is 81.3 cm³/mol. The van der Waals surface area contributed by atoms with Gasteiger partial charge in [0.1, 0.15) is 11.0 Å².